The van der Waals surface area contributed by atoms with Gasteiger partial charge in [0.2, 0.25) is 0 Å². The Balaban J connectivity index is 0.00000275. The molecule has 0 amide bonds. The Morgan fingerprint density at radius 2 is 0.544 bits per heavy atom. The topological polar surface area (TPSA) is 9.23 Å². The molecule has 0 atom stereocenters. The average Bonchev–Trinajstić information content (AvgIpc) is 3.25. The van der Waals surface area contributed by atoms with Crippen LogP contribution in [0, 0.1) is 13.8 Å². The predicted octanol–water partition coefficient (Wildman–Crippen LogP) is 5.09. The molecule has 0 aliphatic rings. The van der Waals surface area contributed by atoms with E-state index < -0.39 is 14.5 Å². The summed E-state index contributed by atoms with van der Waals surface area (Å²) >= 11 is 0. The largest absolute Gasteiger partial charge is 1.00 e. The summed E-state index contributed by atoms with van der Waals surface area (Å²) in [6, 6.07) is 80.3. The molecule has 0 fully saturated rings. The highest BCUT2D eigenvalue weighted by Crippen LogP contribution is 2.59. The van der Waals surface area contributed by atoms with Crippen LogP contribution in [0.25, 0.3) is 0 Å². The number of aryl methyl sites for hydroxylation is 2. The standard InChI is InChI=1S/C52H46OP2.2BrH/c1-41-23-35-51(36-24-41)54(47-15-7-3-8-16-47,48-17-9-4-10-18-48)39-43-27-31-45(32-28-43)53-46-33-29-44(30-34-46)40-55(49-19-11-5-12-20-49,50-21-13-6-14-22-50)52-37-25-42(2)26-38-52;;/h3-38H,39-40H2,1-2H3;2*1H/q+2;;/p-2. The van der Waals surface area contributed by atoms with E-state index in [4.69, 9.17) is 4.74 Å². The molecule has 0 bridgehead atoms. The molecule has 0 saturated heterocycles. The maximum absolute atomic E-state index is 6.50. The molecule has 0 aliphatic heterocycles. The lowest BCUT2D eigenvalue weighted by Gasteiger charge is -2.28. The molecule has 8 aromatic carbocycles. The molecule has 0 aliphatic carbocycles. The molecular formula is C52H46Br2OP2. The molecule has 0 N–H and O–H groups in total. The first-order valence-corrected chi connectivity index (χ1v) is 23.0. The van der Waals surface area contributed by atoms with Crippen LogP contribution in [-0.4, -0.2) is 0 Å². The van der Waals surface area contributed by atoms with Gasteiger partial charge in [0.25, 0.3) is 0 Å². The lowest BCUT2D eigenvalue weighted by Crippen LogP contribution is -3.00. The first kappa shape index (κ1) is 42.0. The number of hydrogen-bond donors (Lipinski definition) is 0. The van der Waals surface area contributed by atoms with Gasteiger partial charge < -0.3 is 38.7 Å². The third-order valence-corrected chi connectivity index (χ3v) is 19.4. The van der Waals surface area contributed by atoms with Crippen molar-refractivity contribution in [1.29, 1.82) is 0 Å². The minimum absolute atomic E-state index is 0. The molecule has 5 heteroatoms. The molecule has 8 rings (SSSR count). The van der Waals surface area contributed by atoms with Gasteiger partial charge in [0, 0.05) is 0 Å². The summed E-state index contributed by atoms with van der Waals surface area (Å²) in [6.07, 6.45) is 1.85. The van der Waals surface area contributed by atoms with Gasteiger partial charge in [-0.05, 0) is 122 Å². The summed E-state index contributed by atoms with van der Waals surface area (Å²) in [4.78, 5) is 0. The maximum Gasteiger partial charge on any atom is 0.127 e. The van der Waals surface area contributed by atoms with Crippen molar-refractivity contribution in [1.82, 2.24) is 0 Å². The molecular weight excluding hydrogens is 862 g/mol. The van der Waals surface area contributed by atoms with E-state index in [1.165, 1.54) is 54.1 Å². The van der Waals surface area contributed by atoms with E-state index in [9.17, 15) is 0 Å². The van der Waals surface area contributed by atoms with E-state index in [0.717, 1.165) is 23.8 Å². The second-order valence-electron chi connectivity index (χ2n) is 14.3. The normalized spacial score (nSPS) is 11.2. The van der Waals surface area contributed by atoms with Crippen LogP contribution >= 0.6 is 14.5 Å². The first-order valence-electron chi connectivity index (χ1n) is 19.0. The second-order valence-corrected chi connectivity index (χ2v) is 21.3. The van der Waals surface area contributed by atoms with Crippen molar-refractivity contribution >= 4 is 46.4 Å². The monoisotopic (exact) mass is 906 g/mol. The Hall–Kier alpha value is -4.62. The van der Waals surface area contributed by atoms with Crippen LogP contribution in [0.15, 0.2) is 218 Å². The van der Waals surface area contributed by atoms with E-state index in [2.05, 4.69) is 232 Å². The molecule has 284 valence electrons. The van der Waals surface area contributed by atoms with E-state index in [1.54, 1.807) is 0 Å². The zero-order valence-electron chi connectivity index (χ0n) is 32.3. The molecule has 1 nitrogen and oxygen atoms in total. The van der Waals surface area contributed by atoms with Crippen molar-refractivity contribution in [2.24, 2.45) is 0 Å². The summed E-state index contributed by atoms with van der Waals surface area (Å²) in [6.45, 7) is 4.33. The van der Waals surface area contributed by atoms with E-state index >= 15 is 0 Å². The smallest absolute Gasteiger partial charge is 0.127 e. The Bertz CT molecular complexity index is 2170. The predicted molar refractivity (Wildman–Crippen MR) is 240 cm³/mol. The van der Waals surface area contributed by atoms with Crippen LogP contribution in [0.5, 0.6) is 11.5 Å². The summed E-state index contributed by atoms with van der Waals surface area (Å²) in [5.41, 5.74) is 5.14. The van der Waals surface area contributed by atoms with Gasteiger partial charge in [0.1, 0.15) is 57.9 Å². The summed E-state index contributed by atoms with van der Waals surface area (Å²) in [5, 5.41) is 8.34. The molecule has 8 aromatic rings. The second kappa shape index (κ2) is 19.2. The van der Waals surface area contributed by atoms with Gasteiger partial charge in [-0.3, -0.25) is 0 Å². The lowest BCUT2D eigenvalue weighted by molar-refractivity contribution is -0.00100. The zero-order chi connectivity index (χ0) is 37.5. The lowest BCUT2D eigenvalue weighted by atomic mass is 10.2. The van der Waals surface area contributed by atoms with Crippen LogP contribution < -0.4 is 70.5 Å². The SMILES string of the molecule is Cc1ccc([P+](Cc2ccc(Oc3ccc(C[P+](c4ccccc4)(c4ccccc4)c4ccc(C)cc4)cc3)cc2)(c2ccccc2)c2ccccc2)cc1.[Br-].[Br-]. The highest BCUT2D eigenvalue weighted by atomic mass is 79.9. The molecule has 0 heterocycles. The molecule has 0 radical (unpaired) electrons. The fourth-order valence-electron chi connectivity index (χ4n) is 7.78. The number of hydrogen-bond acceptors (Lipinski definition) is 1. The molecule has 0 spiro atoms. The fourth-order valence-corrected chi connectivity index (χ4v) is 16.2. The number of benzene rings is 8. The van der Waals surface area contributed by atoms with Gasteiger partial charge in [-0.1, -0.05) is 132 Å². The Morgan fingerprint density at radius 3 is 0.807 bits per heavy atom. The van der Waals surface area contributed by atoms with Crippen molar-refractivity contribution in [2.45, 2.75) is 26.2 Å². The summed E-state index contributed by atoms with van der Waals surface area (Å²) < 4.78 is 6.50. The minimum atomic E-state index is -2.01. The molecule has 0 unspecified atom stereocenters. The molecule has 0 aromatic heterocycles. The zero-order valence-corrected chi connectivity index (χ0v) is 37.2. The third-order valence-electron chi connectivity index (χ3n) is 10.7. The van der Waals surface area contributed by atoms with Crippen LogP contribution in [-0.2, 0) is 12.3 Å². The van der Waals surface area contributed by atoms with Gasteiger partial charge in [-0.2, -0.15) is 0 Å². The van der Waals surface area contributed by atoms with Gasteiger partial charge in [-0.25, -0.2) is 0 Å². The number of rotatable bonds is 12. The Morgan fingerprint density at radius 1 is 0.298 bits per heavy atom. The maximum atomic E-state index is 6.50. The summed E-state index contributed by atoms with van der Waals surface area (Å²) in [5.74, 6) is 1.68. The molecule has 57 heavy (non-hydrogen) atoms. The number of halogens is 2. The van der Waals surface area contributed by atoms with E-state index in [1.807, 2.05) is 0 Å². The Labute approximate surface area is 361 Å². The summed E-state index contributed by atoms with van der Waals surface area (Å²) in [7, 11) is -4.01. The minimum Gasteiger partial charge on any atom is -1.00 e. The fraction of sp³-hybridized carbons (Fsp3) is 0.0769. The van der Waals surface area contributed by atoms with Gasteiger partial charge in [0.15, 0.2) is 0 Å². The average molecular weight is 909 g/mol. The van der Waals surface area contributed by atoms with Crippen molar-refractivity contribution in [3.8, 4) is 11.5 Å². The van der Waals surface area contributed by atoms with Crippen LogP contribution in [0.1, 0.15) is 22.3 Å². The van der Waals surface area contributed by atoms with Crippen molar-refractivity contribution < 1.29 is 38.7 Å². The van der Waals surface area contributed by atoms with E-state index in [0.29, 0.717) is 0 Å². The highest BCUT2D eigenvalue weighted by molar-refractivity contribution is 7.95. The van der Waals surface area contributed by atoms with E-state index in [-0.39, 0.29) is 34.0 Å². The van der Waals surface area contributed by atoms with Crippen molar-refractivity contribution in [3.05, 3.63) is 241 Å². The van der Waals surface area contributed by atoms with Crippen LogP contribution in [0.3, 0.4) is 0 Å². The quantitative estimate of drug-likeness (QED) is 0.156. The van der Waals surface area contributed by atoms with Gasteiger partial charge >= 0.3 is 0 Å². The van der Waals surface area contributed by atoms with Crippen LogP contribution in [0.2, 0.25) is 0 Å². The highest BCUT2D eigenvalue weighted by Gasteiger charge is 2.46. The van der Waals surface area contributed by atoms with Crippen LogP contribution in [0.4, 0.5) is 0 Å². The molecule has 0 saturated carbocycles. The van der Waals surface area contributed by atoms with Gasteiger partial charge in [-0.15, -0.1) is 0 Å². The Kier molecular flexibility index (Phi) is 14.2. The third kappa shape index (κ3) is 9.09. The van der Waals surface area contributed by atoms with Gasteiger partial charge in [0.05, 0.1) is 12.3 Å². The van der Waals surface area contributed by atoms with Crippen molar-refractivity contribution in [2.75, 3.05) is 0 Å². The first-order chi connectivity index (χ1) is 27.0. The number of ether oxygens (including phenoxy) is 1. The van der Waals surface area contributed by atoms with Crippen molar-refractivity contribution in [3.63, 3.8) is 0 Å².